The second kappa shape index (κ2) is 8.99. The van der Waals surface area contributed by atoms with E-state index in [1.165, 1.54) is 24.5 Å². The van der Waals surface area contributed by atoms with Gasteiger partial charge in [0.05, 0.1) is 22.5 Å². The number of fused-ring (bicyclic) bond motifs is 1. The molecule has 180 valence electrons. The number of hydrogen-bond acceptors (Lipinski definition) is 5. The number of anilines is 1. The summed E-state index contributed by atoms with van der Waals surface area (Å²) in [6, 6.07) is 12.8. The quantitative estimate of drug-likeness (QED) is 0.397. The van der Waals surface area contributed by atoms with Crippen LogP contribution in [0.25, 0.3) is 10.9 Å². The van der Waals surface area contributed by atoms with Crippen molar-refractivity contribution in [3.05, 3.63) is 95.3 Å². The van der Waals surface area contributed by atoms with Gasteiger partial charge in [-0.25, -0.2) is 22.5 Å². The number of nitrogens with zero attached hydrogens (tertiary/aromatic N) is 3. The fourth-order valence-corrected chi connectivity index (χ4v) is 4.87. The van der Waals surface area contributed by atoms with Gasteiger partial charge < -0.3 is 5.11 Å². The topological polar surface area (TPSA) is 100 Å². The highest BCUT2D eigenvalue weighted by molar-refractivity contribution is 7.92. The van der Waals surface area contributed by atoms with E-state index >= 15 is 0 Å². The second-order valence-electron chi connectivity index (χ2n) is 7.76. The molecular formula is C24H18F3N3O4S. The number of rotatable bonds is 6. The molecule has 0 aliphatic heterocycles. The van der Waals surface area contributed by atoms with Crippen molar-refractivity contribution < 1.29 is 31.5 Å². The summed E-state index contributed by atoms with van der Waals surface area (Å²) in [7, 11) is -4.37. The number of aromatic nitrogens is 2. The zero-order chi connectivity index (χ0) is 25.4. The van der Waals surface area contributed by atoms with E-state index in [-0.39, 0.29) is 22.3 Å². The van der Waals surface area contributed by atoms with Gasteiger partial charge in [-0.3, -0.25) is 4.98 Å². The number of hydrogen-bond donors (Lipinski definition) is 1. The van der Waals surface area contributed by atoms with E-state index in [1.54, 1.807) is 31.2 Å². The molecule has 11 heteroatoms. The molecule has 7 nitrogen and oxygen atoms in total. The Balaban J connectivity index is 1.98. The minimum Gasteiger partial charge on any atom is -0.478 e. The first-order valence-corrected chi connectivity index (χ1v) is 11.6. The summed E-state index contributed by atoms with van der Waals surface area (Å²) in [5.41, 5.74) is -0.443. The van der Waals surface area contributed by atoms with Gasteiger partial charge in [0.25, 0.3) is 10.0 Å². The van der Waals surface area contributed by atoms with Crippen LogP contribution in [-0.4, -0.2) is 29.5 Å². The maximum Gasteiger partial charge on any atom is 0.416 e. The van der Waals surface area contributed by atoms with Gasteiger partial charge in [-0.05, 0) is 48.9 Å². The Morgan fingerprint density at radius 1 is 1.06 bits per heavy atom. The molecule has 0 fully saturated rings. The zero-order valence-electron chi connectivity index (χ0n) is 18.2. The van der Waals surface area contributed by atoms with Crippen LogP contribution in [0, 0.1) is 6.92 Å². The largest absolute Gasteiger partial charge is 0.478 e. The van der Waals surface area contributed by atoms with Crippen molar-refractivity contribution in [2.45, 2.75) is 24.5 Å². The van der Waals surface area contributed by atoms with Crippen LogP contribution in [0.4, 0.5) is 19.0 Å². The van der Waals surface area contributed by atoms with E-state index < -0.39 is 39.1 Å². The Labute approximate surface area is 198 Å². The number of benzene rings is 2. The Morgan fingerprint density at radius 2 is 1.77 bits per heavy atom. The van der Waals surface area contributed by atoms with Crippen LogP contribution in [0.3, 0.4) is 0 Å². The first kappa shape index (κ1) is 24.1. The molecular weight excluding hydrogens is 483 g/mol. The molecule has 2 aromatic carbocycles. The second-order valence-corrected chi connectivity index (χ2v) is 9.62. The number of alkyl halides is 3. The van der Waals surface area contributed by atoms with E-state index in [9.17, 15) is 31.5 Å². The van der Waals surface area contributed by atoms with Crippen LogP contribution in [-0.2, 0) is 22.7 Å². The molecule has 0 aliphatic rings. The fourth-order valence-electron chi connectivity index (χ4n) is 3.45. The van der Waals surface area contributed by atoms with Gasteiger partial charge in [-0.1, -0.05) is 29.8 Å². The number of pyridine rings is 2. The number of aromatic carboxylic acids is 1. The summed E-state index contributed by atoms with van der Waals surface area (Å²) in [6.45, 7) is 1.43. The summed E-state index contributed by atoms with van der Waals surface area (Å²) in [4.78, 5) is 20.1. The molecule has 2 aromatic heterocycles. The SMILES string of the molecule is Cc1ccc(S(=O)(=O)N(Cc2cccnc2)c2nc3cc(C(F)(F)F)ccc3cc2C(=O)O)cc1. The maximum atomic E-state index is 13.7. The first-order valence-electron chi connectivity index (χ1n) is 10.2. The van der Waals surface area contributed by atoms with Crippen molar-refractivity contribution in [1.29, 1.82) is 0 Å². The summed E-state index contributed by atoms with van der Waals surface area (Å²) >= 11 is 0. The molecule has 0 unspecified atom stereocenters. The predicted molar refractivity (Wildman–Crippen MR) is 122 cm³/mol. The molecule has 0 aliphatic carbocycles. The molecule has 0 radical (unpaired) electrons. The third kappa shape index (κ3) is 4.94. The van der Waals surface area contributed by atoms with Crippen LogP contribution < -0.4 is 4.31 Å². The molecule has 0 amide bonds. The van der Waals surface area contributed by atoms with Crippen LogP contribution >= 0.6 is 0 Å². The molecule has 35 heavy (non-hydrogen) atoms. The summed E-state index contributed by atoms with van der Waals surface area (Å²) in [6.07, 6.45) is -1.77. The summed E-state index contributed by atoms with van der Waals surface area (Å²) < 4.78 is 68.0. The fraction of sp³-hybridized carbons (Fsp3) is 0.125. The zero-order valence-corrected chi connectivity index (χ0v) is 19.0. The highest BCUT2D eigenvalue weighted by atomic mass is 32.2. The van der Waals surface area contributed by atoms with E-state index in [0.29, 0.717) is 5.56 Å². The van der Waals surface area contributed by atoms with Crippen molar-refractivity contribution in [3.8, 4) is 0 Å². The molecule has 0 bridgehead atoms. The van der Waals surface area contributed by atoms with Crippen LogP contribution in [0.1, 0.15) is 27.0 Å². The predicted octanol–water partition coefficient (Wildman–Crippen LogP) is 5.05. The Morgan fingerprint density at radius 3 is 2.37 bits per heavy atom. The average Bonchev–Trinajstić information content (AvgIpc) is 2.81. The third-order valence-electron chi connectivity index (χ3n) is 5.25. The highest BCUT2D eigenvalue weighted by Gasteiger charge is 2.33. The molecule has 0 saturated heterocycles. The molecule has 1 N–H and O–H groups in total. The van der Waals surface area contributed by atoms with Crippen molar-refractivity contribution >= 4 is 32.7 Å². The number of carboxylic acid groups (broad SMARTS) is 1. The van der Waals surface area contributed by atoms with Gasteiger partial charge in [0.2, 0.25) is 0 Å². The Kier molecular flexibility index (Phi) is 6.20. The number of carbonyl (C=O) groups is 1. The minimum atomic E-state index is -4.66. The molecule has 0 spiro atoms. The molecule has 0 atom stereocenters. The number of aryl methyl sites for hydroxylation is 1. The van der Waals surface area contributed by atoms with Gasteiger partial charge in [0, 0.05) is 17.8 Å². The molecule has 4 aromatic rings. The molecule has 0 saturated carbocycles. The van der Waals surface area contributed by atoms with Crippen molar-refractivity contribution in [1.82, 2.24) is 9.97 Å². The lowest BCUT2D eigenvalue weighted by molar-refractivity contribution is -0.137. The maximum absolute atomic E-state index is 13.7. The van der Waals surface area contributed by atoms with Gasteiger partial charge in [0.15, 0.2) is 5.82 Å². The van der Waals surface area contributed by atoms with Crippen LogP contribution in [0.2, 0.25) is 0 Å². The van der Waals surface area contributed by atoms with Gasteiger partial charge in [0.1, 0.15) is 5.56 Å². The lowest BCUT2D eigenvalue weighted by atomic mass is 10.1. The number of sulfonamides is 1. The van der Waals surface area contributed by atoms with Gasteiger partial charge >= 0.3 is 12.1 Å². The van der Waals surface area contributed by atoms with E-state index in [0.717, 1.165) is 34.1 Å². The van der Waals surface area contributed by atoms with Gasteiger partial charge in [-0.15, -0.1) is 0 Å². The van der Waals surface area contributed by atoms with Crippen molar-refractivity contribution in [2.24, 2.45) is 0 Å². The van der Waals surface area contributed by atoms with Crippen LogP contribution in [0.5, 0.6) is 0 Å². The van der Waals surface area contributed by atoms with E-state index in [1.807, 2.05) is 0 Å². The third-order valence-corrected chi connectivity index (χ3v) is 7.00. The van der Waals surface area contributed by atoms with Crippen LogP contribution in [0.15, 0.2) is 78.0 Å². The molecule has 2 heterocycles. The lowest BCUT2D eigenvalue weighted by Gasteiger charge is -2.25. The number of carboxylic acids is 1. The Hall–Kier alpha value is -3.99. The standard InChI is InChI=1S/C24H18F3N3O4S/c1-15-4-8-19(9-5-15)35(33,34)30(14-16-3-2-10-28-13-16)22-20(23(31)32)11-17-6-7-18(24(25,26)27)12-21(17)29-22/h2-13H,14H2,1H3,(H,31,32). The average molecular weight is 501 g/mol. The smallest absolute Gasteiger partial charge is 0.416 e. The number of halogens is 3. The van der Waals surface area contributed by atoms with Crippen molar-refractivity contribution in [2.75, 3.05) is 4.31 Å². The molecule has 4 rings (SSSR count). The highest BCUT2D eigenvalue weighted by Crippen LogP contribution is 2.34. The van der Waals surface area contributed by atoms with Gasteiger partial charge in [-0.2, -0.15) is 13.2 Å². The van der Waals surface area contributed by atoms with Crippen molar-refractivity contribution in [3.63, 3.8) is 0 Å². The Bertz CT molecular complexity index is 1510. The lowest BCUT2D eigenvalue weighted by Crippen LogP contribution is -2.33. The summed E-state index contributed by atoms with van der Waals surface area (Å²) in [5, 5.41) is 9.96. The van der Waals surface area contributed by atoms with E-state index in [4.69, 9.17) is 0 Å². The monoisotopic (exact) mass is 501 g/mol. The normalized spacial score (nSPS) is 12.0. The first-order chi connectivity index (χ1) is 16.5. The van der Waals surface area contributed by atoms with E-state index in [2.05, 4.69) is 9.97 Å². The summed E-state index contributed by atoms with van der Waals surface area (Å²) in [5.74, 6) is -1.99. The minimum absolute atomic E-state index is 0.119.